The predicted molar refractivity (Wildman–Crippen MR) is 144 cm³/mol. The monoisotopic (exact) mass is 490 g/mol. The first-order chi connectivity index (χ1) is 14.5. The van der Waals surface area contributed by atoms with E-state index >= 15 is 0 Å². The van der Waals surface area contributed by atoms with Crippen molar-refractivity contribution in [3.05, 3.63) is 59.7 Å². The van der Waals surface area contributed by atoms with Crippen LogP contribution >= 0.6 is 0 Å². The van der Waals surface area contributed by atoms with Gasteiger partial charge in [0.15, 0.2) is 0 Å². The van der Waals surface area contributed by atoms with Gasteiger partial charge in [-0.3, -0.25) is 4.21 Å². The Morgan fingerprint density at radius 1 is 0.625 bits per heavy atom. The smallest absolute Gasteiger partial charge is 0.250 e. The summed E-state index contributed by atoms with van der Waals surface area (Å²) in [6, 6.07) is 16.2. The largest absolute Gasteiger partial charge is 0.544 e. The minimum absolute atomic E-state index is 0.165. The summed E-state index contributed by atoms with van der Waals surface area (Å²) in [5, 5.41) is 0.330. The molecule has 0 aliphatic heterocycles. The lowest BCUT2D eigenvalue weighted by Crippen LogP contribution is -2.43. The van der Waals surface area contributed by atoms with Gasteiger partial charge < -0.3 is 8.85 Å². The van der Waals surface area contributed by atoms with Crippen LogP contribution in [0.15, 0.2) is 48.5 Å². The molecule has 6 heteroatoms. The van der Waals surface area contributed by atoms with Crippen LogP contribution in [-0.4, -0.2) is 20.8 Å². The maximum absolute atomic E-state index is 12.7. The van der Waals surface area contributed by atoms with Gasteiger partial charge in [-0.25, -0.2) is 0 Å². The zero-order valence-electron chi connectivity index (χ0n) is 21.7. The molecule has 0 aliphatic rings. The van der Waals surface area contributed by atoms with Gasteiger partial charge in [-0.15, -0.1) is 0 Å². The summed E-state index contributed by atoms with van der Waals surface area (Å²) in [5.41, 5.74) is 2.15. The molecule has 2 aromatic rings. The van der Waals surface area contributed by atoms with Gasteiger partial charge in [0.25, 0.3) is 0 Å². The van der Waals surface area contributed by atoms with Crippen LogP contribution in [0.25, 0.3) is 0 Å². The summed E-state index contributed by atoms with van der Waals surface area (Å²) in [6.45, 7) is 22.4. The van der Waals surface area contributed by atoms with Crippen molar-refractivity contribution in [2.45, 2.75) is 89.3 Å². The molecule has 0 spiro atoms. The van der Waals surface area contributed by atoms with Gasteiger partial charge in [0.2, 0.25) is 16.6 Å². The molecular weight excluding hydrogens is 449 g/mol. The Labute approximate surface area is 200 Å². The average molecular weight is 491 g/mol. The van der Waals surface area contributed by atoms with E-state index in [-0.39, 0.29) is 10.1 Å². The molecule has 2 aromatic carbocycles. The molecule has 2 rings (SSSR count). The number of rotatable bonds is 8. The predicted octanol–water partition coefficient (Wildman–Crippen LogP) is 7.90. The molecule has 0 atom stereocenters. The van der Waals surface area contributed by atoms with Crippen LogP contribution in [0.1, 0.15) is 52.7 Å². The third kappa shape index (κ3) is 7.32. The topological polar surface area (TPSA) is 35.5 Å². The molecule has 32 heavy (non-hydrogen) atoms. The molecule has 0 radical (unpaired) electrons. The SMILES string of the molecule is CC(C)(C)[Si](C)(C)Oc1ccc(CS(=O)Cc2ccc(O[Si](C)(C)C(C)(C)C)cc2)cc1. The number of hydrogen-bond donors (Lipinski definition) is 0. The quantitative estimate of drug-likeness (QED) is 0.353. The Hall–Kier alpha value is -1.38. The minimum Gasteiger partial charge on any atom is -0.544 e. The van der Waals surface area contributed by atoms with Gasteiger partial charge in [0.05, 0.1) is 0 Å². The van der Waals surface area contributed by atoms with Crippen LogP contribution in [0.2, 0.25) is 36.3 Å². The molecule has 0 amide bonds. The maximum Gasteiger partial charge on any atom is 0.250 e. The molecule has 178 valence electrons. The van der Waals surface area contributed by atoms with Crippen LogP contribution in [0.4, 0.5) is 0 Å². The summed E-state index contributed by atoms with van der Waals surface area (Å²) in [5.74, 6) is 2.90. The normalized spacial score (nSPS) is 13.3. The van der Waals surface area contributed by atoms with E-state index in [0.717, 1.165) is 22.6 Å². The minimum atomic E-state index is -1.84. The number of hydrogen-bond acceptors (Lipinski definition) is 3. The molecule has 0 saturated heterocycles. The van der Waals surface area contributed by atoms with Crippen LogP contribution < -0.4 is 8.85 Å². The van der Waals surface area contributed by atoms with Crippen molar-refractivity contribution >= 4 is 27.4 Å². The van der Waals surface area contributed by atoms with Crippen molar-refractivity contribution in [2.75, 3.05) is 0 Å². The van der Waals surface area contributed by atoms with Gasteiger partial charge in [0.1, 0.15) is 11.5 Å². The van der Waals surface area contributed by atoms with Gasteiger partial charge in [-0.05, 0) is 71.7 Å². The molecule has 0 aromatic heterocycles. The van der Waals surface area contributed by atoms with E-state index in [2.05, 4.69) is 67.7 Å². The van der Waals surface area contributed by atoms with Gasteiger partial charge in [-0.1, -0.05) is 65.8 Å². The fourth-order valence-electron chi connectivity index (χ4n) is 2.63. The van der Waals surface area contributed by atoms with Crippen LogP contribution in [0.3, 0.4) is 0 Å². The molecule has 3 nitrogen and oxygen atoms in total. The molecule has 0 N–H and O–H groups in total. The second kappa shape index (κ2) is 9.86. The summed E-state index contributed by atoms with van der Waals surface area (Å²) < 4.78 is 25.4. The number of benzene rings is 2. The Kier molecular flexibility index (Phi) is 8.28. The Bertz CT molecular complexity index is 831. The Balaban J connectivity index is 1.94. The molecular formula is C26H42O3SSi2. The molecule has 0 heterocycles. The van der Waals surface area contributed by atoms with Crippen molar-refractivity contribution in [2.24, 2.45) is 0 Å². The van der Waals surface area contributed by atoms with E-state index in [1.807, 2.05) is 48.5 Å². The molecule has 0 saturated carbocycles. The second-order valence-electron chi connectivity index (χ2n) is 11.7. The Morgan fingerprint density at radius 3 is 1.16 bits per heavy atom. The van der Waals surface area contributed by atoms with E-state index < -0.39 is 27.4 Å². The molecule has 0 unspecified atom stereocenters. The van der Waals surface area contributed by atoms with Crippen molar-refractivity contribution < 1.29 is 13.1 Å². The lowest BCUT2D eigenvalue weighted by molar-refractivity contribution is 0.492. The summed E-state index contributed by atoms with van der Waals surface area (Å²) in [6.07, 6.45) is 0. The molecule has 0 bridgehead atoms. The highest BCUT2D eigenvalue weighted by atomic mass is 32.2. The summed E-state index contributed by atoms with van der Waals surface area (Å²) in [7, 11) is -4.65. The van der Waals surface area contributed by atoms with E-state index in [1.165, 1.54) is 0 Å². The highest BCUT2D eigenvalue weighted by molar-refractivity contribution is 7.83. The highest BCUT2D eigenvalue weighted by Gasteiger charge is 2.39. The summed E-state index contributed by atoms with van der Waals surface area (Å²) in [4.78, 5) is 0. The molecule has 0 fully saturated rings. The fraction of sp³-hybridized carbons (Fsp3) is 0.538. The van der Waals surface area contributed by atoms with Crippen molar-refractivity contribution in [3.8, 4) is 11.5 Å². The third-order valence-electron chi connectivity index (χ3n) is 6.86. The van der Waals surface area contributed by atoms with Crippen LogP contribution in [-0.2, 0) is 22.3 Å². The average Bonchev–Trinajstić information content (AvgIpc) is 2.62. The van der Waals surface area contributed by atoms with E-state index in [4.69, 9.17) is 8.85 Å². The van der Waals surface area contributed by atoms with Crippen molar-refractivity contribution in [3.63, 3.8) is 0 Å². The summed E-state index contributed by atoms with van der Waals surface area (Å²) >= 11 is 0. The first kappa shape index (κ1) is 26.9. The van der Waals surface area contributed by atoms with E-state index in [9.17, 15) is 4.21 Å². The maximum atomic E-state index is 12.7. The third-order valence-corrected chi connectivity index (χ3v) is 16.9. The highest BCUT2D eigenvalue weighted by Crippen LogP contribution is 2.38. The zero-order valence-corrected chi connectivity index (χ0v) is 24.5. The first-order valence-electron chi connectivity index (χ1n) is 11.4. The molecule has 0 aliphatic carbocycles. The second-order valence-corrected chi connectivity index (χ2v) is 22.6. The zero-order chi connectivity index (χ0) is 24.4. The van der Waals surface area contributed by atoms with Crippen molar-refractivity contribution in [1.29, 1.82) is 0 Å². The van der Waals surface area contributed by atoms with Crippen molar-refractivity contribution in [1.82, 2.24) is 0 Å². The van der Waals surface area contributed by atoms with Gasteiger partial charge >= 0.3 is 0 Å². The van der Waals surface area contributed by atoms with Crippen LogP contribution in [0.5, 0.6) is 11.5 Å². The Morgan fingerprint density at radius 2 is 0.906 bits per heavy atom. The van der Waals surface area contributed by atoms with Gasteiger partial charge in [0, 0.05) is 22.3 Å². The first-order valence-corrected chi connectivity index (χ1v) is 18.7. The van der Waals surface area contributed by atoms with E-state index in [1.54, 1.807) is 0 Å². The van der Waals surface area contributed by atoms with Crippen LogP contribution in [0, 0.1) is 0 Å². The standard InChI is InChI=1S/C26H42O3SSi2/c1-25(2,3)31(7,8)28-23-15-11-21(12-16-23)19-30(27)20-22-13-17-24(18-14-22)29-32(9,10)26(4,5)6/h11-18H,19-20H2,1-10H3. The lowest BCUT2D eigenvalue weighted by atomic mass is 10.2. The fourth-order valence-corrected chi connectivity index (χ4v) is 5.92. The van der Waals surface area contributed by atoms with E-state index in [0.29, 0.717) is 11.5 Å². The van der Waals surface area contributed by atoms with Gasteiger partial charge in [-0.2, -0.15) is 0 Å². The lowest BCUT2D eigenvalue weighted by Gasteiger charge is -2.36.